The number of carbonyl (C=O) groups excluding carboxylic acids is 3. The maximum Gasteiger partial charge on any atom is 0.407 e. The predicted octanol–water partition coefficient (Wildman–Crippen LogP) is 5.87. The molecule has 19 nitrogen and oxygen atoms in total. The normalized spacial score (nSPS) is 47.3. The van der Waals surface area contributed by atoms with E-state index in [1.54, 1.807) is 27.7 Å². The number of hydrogen-bond donors (Lipinski definition) is 7. The van der Waals surface area contributed by atoms with Gasteiger partial charge in [0.05, 0.1) is 61.4 Å². The number of aliphatic hydroxyl groups excluding tert-OH is 4. The molecule has 0 aromatic carbocycles. The van der Waals surface area contributed by atoms with Gasteiger partial charge in [0, 0.05) is 48.9 Å². The Bertz CT molecular complexity index is 2250. The first-order chi connectivity index (χ1) is 34.2. The van der Waals surface area contributed by atoms with Gasteiger partial charge in [-0.15, -0.1) is 0 Å². The summed E-state index contributed by atoms with van der Waals surface area (Å²) < 4.78 is 49.8. The number of hydrogen-bond acceptors (Lipinski definition) is 18. The number of alkyl carbamates (subject to hydrolysis) is 1. The van der Waals surface area contributed by atoms with Gasteiger partial charge in [0.15, 0.2) is 24.5 Å². The van der Waals surface area contributed by atoms with Crippen molar-refractivity contribution in [2.75, 3.05) is 7.11 Å². The van der Waals surface area contributed by atoms with Gasteiger partial charge in [-0.25, -0.2) is 9.59 Å². The molecule has 8 rings (SSSR count). The lowest BCUT2D eigenvalue weighted by Gasteiger charge is -2.56. The van der Waals surface area contributed by atoms with Crippen LogP contribution in [0.5, 0.6) is 0 Å². The zero-order chi connectivity index (χ0) is 53.4. The molecule has 1 spiro atoms. The van der Waals surface area contributed by atoms with Crippen LogP contribution >= 0.6 is 0 Å². The smallest absolute Gasteiger partial charge is 0.407 e. The largest absolute Gasteiger partial charge is 0.511 e. The Morgan fingerprint density at radius 1 is 0.781 bits per heavy atom. The van der Waals surface area contributed by atoms with Crippen LogP contribution in [0.1, 0.15) is 115 Å². The molecule has 23 unspecified atom stereocenters. The maximum atomic E-state index is 15.4. The van der Waals surface area contributed by atoms with Crippen LogP contribution in [-0.4, -0.2) is 152 Å². The first kappa shape index (κ1) is 55.7. The van der Waals surface area contributed by atoms with E-state index in [-0.39, 0.29) is 72.3 Å². The Balaban J connectivity index is 1.17. The van der Waals surface area contributed by atoms with Crippen LogP contribution < -0.4 is 5.32 Å². The second-order valence-electron chi connectivity index (χ2n) is 23.1. The van der Waals surface area contributed by atoms with E-state index in [1.807, 2.05) is 58.9 Å². The zero-order valence-corrected chi connectivity index (χ0v) is 44.3. The summed E-state index contributed by atoms with van der Waals surface area (Å²) in [5.74, 6) is -4.10. The van der Waals surface area contributed by atoms with E-state index < -0.39 is 132 Å². The lowest BCUT2D eigenvalue weighted by atomic mass is 9.49. The number of hydroxylamine groups is 2. The third-order valence-electron chi connectivity index (χ3n) is 18.2. The molecule has 0 aromatic rings. The molecular weight excluding hydrogens is 949 g/mol. The standard InChI is InChI=1S/C54H80N2O17/c1-24-13-16-37(70-41-23-52(10,56(64)65)47(32(9)69-41)55-51(63)66-12)26(3)19-33-18-25(2)29(6)22-54(33)49(61)42(50(62)73-54)48(60)53(11)35(24)15-14-34-43(53)27(4)17-28(5)46(34)72-40-21-38(45(59)31(8)68-40)71-39-20-36(57)44(58)30(7)67-39/h13-15,18-19,27-41,43-47,57-60,64-65H,16-17,20-23H2,1-12H3,(H,55,63). The predicted molar refractivity (Wildman–Crippen MR) is 260 cm³/mol. The molecule has 4 saturated heterocycles. The number of Topliss-reactive ketones (excluding diaryl/α,β-unsaturated/α-hetero) is 1. The lowest BCUT2D eigenvalue weighted by Crippen LogP contribution is -2.68. The number of ketones is 1. The van der Waals surface area contributed by atoms with Crippen molar-refractivity contribution in [3.63, 3.8) is 0 Å². The molecule has 19 heteroatoms. The van der Waals surface area contributed by atoms with Gasteiger partial charge >= 0.3 is 12.1 Å². The Morgan fingerprint density at radius 2 is 1.42 bits per heavy atom. The molecule has 23 atom stereocenters. The summed E-state index contributed by atoms with van der Waals surface area (Å²) in [5.41, 5.74) is -2.26. The quantitative estimate of drug-likeness (QED) is 0.0649. The molecule has 73 heavy (non-hydrogen) atoms. The molecule has 4 aliphatic carbocycles. The van der Waals surface area contributed by atoms with Gasteiger partial charge in [0.2, 0.25) is 5.78 Å². The fourth-order valence-corrected chi connectivity index (χ4v) is 13.9. The molecule has 7 N–H and O–H groups in total. The summed E-state index contributed by atoms with van der Waals surface area (Å²) in [6.07, 6.45) is 0.362. The number of carbonyl (C=O) groups is 3. The number of nitrogens with zero attached hydrogens (tertiary/aromatic N) is 1. The van der Waals surface area contributed by atoms with Gasteiger partial charge in [-0.05, 0) is 90.6 Å². The van der Waals surface area contributed by atoms with E-state index in [4.69, 9.17) is 37.9 Å². The van der Waals surface area contributed by atoms with Gasteiger partial charge in [-0.1, -0.05) is 74.4 Å². The molecule has 0 radical (unpaired) electrons. The van der Waals surface area contributed by atoms with Crippen LogP contribution in [0.15, 0.2) is 58.4 Å². The number of rotatable bonds is 8. The van der Waals surface area contributed by atoms with Crippen molar-refractivity contribution >= 4 is 17.8 Å². The highest BCUT2D eigenvalue weighted by molar-refractivity contribution is 6.26. The topological polar surface area (TPSA) is 262 Å². The van der Waals surface area contributed by atoms with Crippen LogP contribution in [0.4, 0.5) is 4.79 Å². The third-order valence-corrected chi connectivity index (χ3v) is 18.2. The van der Waals surface area contributed by atoms with E-state index in [0.717, 1.165) is 11.1 Å². The van der Waals surface area contributed by atoms with Crippen LogP contribution in [0.2, 0.25) is 0 Å². The van der Waals surface area contributed by atoms with E-state index in [2.05, 4.69) is 25.2 Å². The van der Waals surface area contributed by atoms with E-state index >= 15 is 4.79 Å². The maximum absolute atomic E-state index is 15.4. The van der Waals surface area contributed by atoms with Gasteiger partial charge in [-0.2, -0.15) is 0 Å². The second-order valence-corrected chi connectivity index (χ2v) is 23.1. The number of ether oxygens (including phenoxy) is 8. The van der Waals surface area contributed by atoms with Crippen molar-refractivity contribution in [3.8, 4) is 0 Å². The number of esters is 1. The first-order valence-corrected chi connectivity index (χ1v) is 26.2. The van der Waals surface area contributed by atoms with Crippen molar-refractivity contribution in [3.05, 3.63) is 58.4 Å². The summed E-state index contributed by atoms with van der Waals surface area (Å²) in [4.78, 5) is 42.4. The molecule has 4 heterocycles. The number of nitrogens with one attached hydrogen (secondary N) is 1. The average Bonchev–Trinajstić information content (AvgIpc) is 3.56. The monoisotopic (exact) mass is 1030 g/mol. The highest BCUT2D eigenvalue weighted by atomic mass is 16.8. The average molecular weight is 1030 g/mol. The summed E-state index contributed by atoms with van der Waals surface area (Å²) in [5, 5.41) is 69.1. The number of fused-ring (bicyclic) bond motifs is 4. The van der Waals surface area contributed by atoms with Gasteiger partial charge < -0.3 is 63.6 Å². The molecule has 1 saturated carbocycles. The third kappa shape index (κ3) is 10.0. The summed E-state index contributed by atoms with van der Waals surface area (Å²) in [7, 11) is 1.21. The molecule has 0 aromatic heterocycles. The zero-order valence-electron chi connectivity index (χ0n) is 44.3. The first-order valence-electron chi connectivity index (χ1n) is 26.2. The molecule has 1 amide bonds. The van der Waals surface area contributed by atoms with Crippen LogP contribution in [0.25, 0.3) is 0 Å². The number of methoxy groups -OCH3 is 1. The highest BCUT2D eigenvalue weighted by Crippen LogP contribution is 2.61. The van der Waals surface area contributed by atoms with Gasteiger partial charge in [0.1, 0.15) is 23.5 Å². The van der Waals surface area contributed by atoms with Crippen LogP contribution in [0, 0.1) is 46.8 Å². The molecule has 4 aliphatic heterocycles. The van der Waals surface area contributed by atoms with E-state index in [0.29, 0.717) is 12.0 Å². The SMILES string of the molecule is COC(=O)NC1C(C)OC(OC2CC=C(C)C3C=CC4C(OC5CC(OC6CC(O)C(O)C(C)O6)C(O)C(C)O5)C(C)CC(C)C4C3(C)C(O)=C3C(=O)OC4(CC(C)C(C)=CC4C=C2C)C3=O)CC1(C)N(O)O. The Hall–Kier alpha value is -3.57. The number of allylic oxidation sites excluding steroid dienone is 4. The minimum Gasteiger partial charge on any atom is -0.511 e. The van der Waals surface area contributed by atoms with Crippen LogP contribution in [-0.2, 0) is 47.5 Å². The van der Waals surface area contributed by atoms with Crippen molar-refractivity contribution in [2.24, 2.45) is 46.8 Å². The lowest BCUT2D eigenvalue weighted by molar-refractivity contribution is -0.390. The van der Waals surface area contributed by atoms with Gasteiger partial charge in [-0.3, -0.25) is 15.2 Å². The highest BCUT2D eigenvalue weighted by Gasteiger charge is 2.64. The fourth-order valence-electron chi connectivity index (χ4n) is 13.9. The van der Waals surface area contributed by atoms with Crippen molar-refractivity contribution in [2.45, 2.75) is 206 Å². The Kier molecular flexibility index (Phi) is 16.1. The number of amides is 1. The van der Waals surface area contributed by atoms with Gasteiger partial charge in [0.25, 0.3) is 0 Å². The van der Waals surface area contributed by atoms with Crippen molar-refractivity contribution in [1.82, 2.24) is 10.5 Å². The summed E-state index contributed by atoms with van der Waals surface area (Å²) >= 11 is 0. The van der Waals surface area contributed by atoms with E-state index in [9.17, 15) is 40.4 Å². The minimum absolute atomic E-state index is 0.0189. The van der Waals surface area contributed by atoms with E-state index in [1.165, 1.54) is 7.11 Å². The van der Waals surface area contributed by atoms with Crippen LogP contribution in [0.3, 0.4) is 0 Å². The fraction of sp³-hybridized carbons (Fsp3) is 0.759. The second kappa shape index (κ2) is 21.1. The van der Waals surface area contributed by atoms with Crippen molar-refractivity contribution in [1.29, 1.82) is 0 Å². The summed E-state index contributed by atoms with van der Waals surface area (Å²) in [6, 6.07) is -0.923. The molecule has 408 valence electrons. The number of aliphatic hydroxyl groups is 4. The summed E-state index contributed by atoms with van der Waals surface area (Å²) in [6.45, 7) is 20.6. The molecule has 8 aliphatic rings. The molecule has 2 bridgehead atoms. The van der Waals surface area contributed by atoms with Crippen molar-refractivity contribution < 1.29 is 83.1 Å². The molecule has 5 fully saturated rings. The Morgan fingerprint density at radius 3 is 2.08 bits per heavy atom. The Labute approximate surface area is 428 Å². The minimum atomic E-state index is -1.68. The molecular formula is C54H80N2O17.